The fourth-order valence-corrected chi connectivity index (χ4v) is 5.72. The molecule has 3 N–H and O–H groups in total. The molecule has 18 nitrogen and oxygen atoms in total. The molecule has 6 aromatic rings. The summed E-state index contributed by atoms with van der Waals surface area (Å²) in [4.78, 5) is 55.0. The van der Waals surface area contributed by atoms with Crippen LogP contribution in [0.2, 0.25) is 0 Å². The number of pyridine rings is 1. The van der Waals surface area contributed by atoms with E-state index in [0.717, 1.165) is 4.68 Å². The first-order valence-corrected chi connectivity index (χ1v) is 18.9. The van der Waals surface area contributed by atoms with Crippen LogP contribution in [0.3, 0.4) is 0 Å². The van der Waals surface area contributed by atoms with Crippen molar-refractivity contribution >= 4 is 41.8 Å². The molecule has 20 heteroatoms. The van der Waals surface area contributed by atoms with Gasteiger partial charge in [0, 0.05) is 60.3 Å². The predicted molar refractivity (Wildman–Crippen MR) is 227 cm³/mol. The first-order chi connectivity index (χ1) is 30.0. The number of hydrogen-bond acceptors (Lipinski definition) is 16. The molecule has 3 heterocycles. The van der Waals surface area contributed by atoms with Gasteiger partial charge >= 0.3 is 17.9 Å². The number of esters is 2. The molecule has 3 aromatic carbocycles. The van der Waals surface area contributed by atoms with E-state index in [0.29, 0.717) is 16.8 Å². The molecule has 1 amide bonds. The molecule has 0 aliphatic heterocycles. The number of anilines is 1. The van der Waals surface area contributed by atoms with Crippen LogP contribution in [0.15, 0.2) is 110 Å². The third-order valence-electron chi connectivity index (χ3n) is 8.87. The number of ether oxygens (including phenoxy) is 6. The number of carbonyl (C=O) groups is 3. The van der Waals surface area contributed by atoms with Crippen LogP contribution in [-0.2, 0) is 19.0 Å². The maximum absolute atomic E-state index is 16.8. The van der Waals surface area contributed by atoms with Gasteiger partial charge in [-0.1, -0.05) is 18.2 Å². The largest absolute Gasteiger partial charge is 0.497 e. The van der Waals surface area contributed by atoms with E-state index in [2.05, 4.69) is 35.7 Å². The molecule has 0 fully saturated rings. The second-order valence-electron chi connectivity index (χ2n) is 13.8. The lowest BCUT2D eigenvalue weighted by molar-refractivity contribution is -0.163. The van der Waals surface area contributed by atoms with Gasteiger partial charge in [0.05, 0.1) is 24.7 Å². The van der Waals surface area contributed by atoms with Crippen LogP contribution >= 0.6 is 12.4 Å². The number of amides is 1. The zero-order chi connectivity index (χ0) is 44.1. The maximum Gasteiger partial charge on any atom is 0.338 e. The number of methoxy groups -OCH3 is 2. The second-order valence-corrected chi connectivity index (χ2v) is 13.8. The van der Waals surface area contributed by atoms with Crippen LogP contribution in [-0.4, -0.2) is 94.2 Å². The Morgan fingerprint density at radius 2 is 1.56 bits per heavy atom. The molecular formula is C43H43ClFN9O9. The Morgan fingerprint density at radius 3 is 2.24 bits per heavy atom. The molecule has 0 spiro atoms. The van der Waals surface area contributed by atoms with Crippen LogP contribution in [0.25, 0.3) is 5.95 Å². The first kappa shape index (κ1) is 46.6. The van der Waals surface area contributed by atoms with Gasteiger partial charge in [0.1, 0.15) is 30.8 Å². The Morgan fingerprint density at radius 1 is 0.841 bits per heavy atom. The number of hydrogen-bond donors (Lipinski definition) is 3. The Labute approximate surface area is 367 Å². The van der Waals surface area contributed by atoms with Crippen molar-refractivity contribution in [1.82, 2.24) is 35.0 Å². The standard InChI is InChI=1S/C43H42FN9O9.ClH/c1-43(2,25-57-3)40(56)61-26-62-42-51-37(52-53(42)41-47-17-8-18-48-41)35(49-30-13-11-27(12-14-30)36(45)50-38(54)28-9-6-5-7-10-28)32-23-31(58-4)24-33(34(32)44)59-21-22-60-39(55)29-15-19-46-20-16-29;/h5-20,23-24,35,49H,21-22,25-26H2,1-4H3,(H2,45,50,54);1H/t35-;/m1./s1. The molecular weight excluding hydrogens is 841 g/mol. The third-order valence-corrected chi connectivity index (χ3v) is 8.87. The van der Waals surface area contributed by atoms with Crippen molar-refractivity contribution in [3.05, 3.63) is 144 Å². The predicted octanol–water partition coefficient (Wildman–Crippen LogP) is 5.77. The Balaban J connectivity index is 0.00000748. The second kappa shape index (κ2) is 21.8. The van der Waals surface area contributed by atoms with E-state index in [1.165, 1.54) is 63.3 Å². The van der Waals surface area contributed by atoms with E-state index in [1.807, 2.05) is 0 Å². The van der Waals surface area contributed by atoms with Crippen molar-refractivity contribution in [3.8, 4) is 23.5 Å². The fourth-order valence-electron chi connectivity index (χ4n) is 5.72. The Kier molecular flexibility index (Phi) is 16.1. The van der Waals surface area contributed by atoms with Gasteiger partial charge in [0.2, 0.25) is 6.79 Å². The average Bonchev–Trinajstić information content (AvgIpc) is 3.72. The summed E-state index contributed by atoms with van der Waals surface area (Å²) in [5, 5.41) is 19.0. The highest BCUT2D eigenvalue weighted by Gasteiger charge is 2.31. The summed E-state index contributed by atoms with van der Waals surface area (Å²) in [6.07, 6.45) is 5.85. The highest BCUT2D eigenvalue weighted by Crippen LogP contribution is 2.36. The number of rotatable bonds is 19. The molecule has 0 saturated heterocycles. The minimum absolute atomic E-state index is 0. The van der Waals surface area contributed by atoms with Crippen molar-refractivity contribution in [1.29, 1.82) is 5.41 Å². The van der Waals surface area contributed by atoms with Gasteiger partial charge in [-0.15, -0.1) is 22.2 Å². The highest BCUT2D eigenvalue weighted by atomic mass is 35.5. The van der Waals surface area contributed by atoms with Crippen molar-refractivity contribution in [2.24, 2.45) is 5.41 Å². The number of carbonyl (C=O) groups excluding carboxylic acids is 3. The summed E-state index contributed by atoms with van der Waals surface area (Å²) in [6.45, 7) is 2.39. The number of halogens is 2. The number of aromatic nitrogens is 6. The normalized spacial score (nSPS) is 11.3. The summed E-state index contributed by atoms with van der Waals surface area (Å²) in [5.41, 5.74) is 0.434. The van der Waals surface area contributed by atoms with Gasteiger partial charge in [-0.3, -0.25) is 20.0 Å². The van der Waals surface area contributed by atoms with E-state index >= 15 is 4.39 Å². The van der Waals surface area contributed by atoms with Crippen LogP contribution in [0.4, 0.5) is 10.1 Å². The molecule has 6 rings (SSSR count). The van der Waals surface area contributed by atoms with Crippen molar-refractivity contribution in [2.75, 3.05) is 46.1 Å². The molecule has 0 aliphatic rings. The lowest BCUT2D eigenvalue weighted by Crippen LogP contribution is -2.32. The summed E-state index contributed by atoms with van der Waals surface area (Å²) < 4.78 is 50.9. The summed E-state index contributed by atoms with van der Waals surface area (Å²) in [6, 6.07) is 20.8. The number of nitrogens with one attached hydrogen (secondary N) is 3. The van der Waals surface area contributed by atoms with E-state index in [4.69, 9.17) is 33.8 Å². The van der Waals surface area contributed by atoms with E-state index < -0.39 is 41.9 Å². The van der Waals surface area contributed by atoms with Crippen LogP contribution in [0.5, 0.6) is 17.5 Å². The molecule has 0 aliphatic carbocycles. The molecule has 0 radical (unpaired) electrons. The summed E-state index contributed by atoms with van der Waals surface area (Å²) >= 11 is 0. The molecule has 3 aromatic heterocycles. The quantitative estimate of drug-likeness (QED) is 0.0289. The van der Waals surface area contributed by atoms with Crippen LogP contribution in [0.1, 0.15) is 57.6 Å². The number of nitrogens with zero attached hydrogens (tertiary/aromatic N) is 6. The van der Waals surface area contributed by atoms with E-state index in [9.17, 15) is 14.4 Å². The number of benzene rings is 3. The number of amidine groups is 1. The zero-order valence-electron chi connectivity index (χ0n) is 34.4. The van der Waals surface area contributed by atoms with Crippen LogP contribution in [0, 0.1) is 16.6 Å². The van der Waals surface area contributed by atoms with Gasteiger partial charge in [0.15, 0.2) is 17.4 Å². The monoisotopic (exact) mass is 883 g/mol. The van der Waals surface area contributed by atoms with Gasteiger partial charge in [0.25, 0.3) is 11.9 Å². The zero-order valence-corrected chi connectivity index (χ0v) is 35.3. The summed E-state index contributed by atoms with van der Waals surface area (Å²) in [7, 11) is 2.86. The molecule has 63 heavy (non-hydrogen) atoms. The van der Waals surface area contributed by atoms with Gasteiger partial charge < -0.3 is 39.1 Å². The van der Waals surface area contributed by atoms with Crippen molar-refractivity contribution in [3.63, 3.8) is 0 Å². The molecule has 0 bridgehead atoms. The van der Waals surface area contributed by atoms with Gasteiger partial charge in [-0.05, 0) is 74.5 Å². The molecule has 328 valence electrons. The SMILES string of the molecule is COCC(C)(C)C(=O)OCOc1nc([C@H](Nc2ccc(C(=N)NC(=O)c3ccccc3)cc2)c2cc(OC)cc(OCCOC(=O)c3ccncc3)c2F)nn1-c1ncccn1.Cl. The minimum atomic E-state index is -1.23. The molecule has 0 unspecified atom stereocenters. The lowest BCUT2D eigenvalue weighted by Gasteiger charge is -2.21. The van der Waals surface area contributed by atoms with Gasteiger partial charge in [-0.25, -0.2) is 19.2 Å². The lowest BCUT2D eigenvalue weighted by atomic mass is 9.95. The van der Waals surface area contributed by atoms with E-state index in [-0.39, 0.29) is 78.5 Å². The first-order valence-electron chi connectivity index (χ1n) is 18.9. The topological polar surface area (TPSA) is 224 Å². The average molecular weight is 884 g/mol. The van der Waals surface area contributed by atoms with Crippen molar-refractivity contribution in [2.45, 2.75) is 19.9 Å². The van der Waals surface area contributed by atoms with E-state index in [1.54, 1.807) is 74.5 Å². The smallest absolute Gasteiger partial charge is 0.338 e. The molecule has 0 saturated carbocycles. The fraction of sp³-hybridized carbons (Fsp3) is 0.233. The minimum Gasteiger partial charge on any atom is -0.497 e. The maximum atomic E-state index is 16.8. The van der Waals surface area contributed by atoms with Crippen molar-refractivity contribution < 1.29 is 47.2 Å². The Hall–Kier alpha value is -7.51. The summed E-state index contributed by atoms with van der Waals surface area (Å²) in [5.74, 6) is -2.72. The molecule has 1 atom stereocenters. The Bertz CT molecular complexity index is 2480. The van der Waals surface area contributed by atoms with Gasteiger partial charge in [-0.2, -0.15) is 4.98 Å². The highest BCUT2D eigenvalue weighted by molar-refractivity contribution is 6.11. The van der Waals surface area contributed by atoms with Crippen LogP contribution < -0.4 is 24.8 Å². The third kappa shape index (κ3) is 12.1.